The van der Waals surface area contributed by atoms with E-state index in [1.54, 1.807) is 0 Å². The van der Waals surface area contributed by atoms with Crippen molar-refractivity contribution in [3.05, 3.63) is 0 Å². The van der Waals surface area contributed by atoms with Gasteiger partial charge in [-0.3, -0.25) is 4.79 Å². The van der Waals surface area contributed by atoms with Gasteiger partial charge in [0.1, 0.15) is 0 Å². The Morgan fingerprint density at radius 1 is 1.36 bits per heavy atom. The van der Waals surface area contributed by atoms with E-state index in [2.05, 4.69) is 21.4 Å². The number of hydrogen-bond donors (Lipinski definition) is 3. The van der Waals surface area contributed by atoms with Gasteiger partial charge in [0.2, 0.25) is 0 Å². The van der Waals surface area contributed by atoms with Crippen molar-refractivity contribution in [2.75, 3.05) is 0 Å². The summed E-state index contributed by atoms with van der Waals surface area (Å²) in [6, 6.07) is 0. The highest BCUT2D eigenvalue weighted by Gasteiger charge is 2.06. The van der Waals surface area contributed by atoms with Crippen molar-refractivity contribution in [2.45, 2.75) is 33.2 Å². The maximum atomic E-state index is 10.2. The number of carbonyl (C=O) groups is 1. The van der Waals surface area contributed by atoms with E-state index in [1.165, 1.54) is 6.92 Å². The highest BCUT2D eigenvalue weighted by molar-refractivity contribution is 5.65. The fourth-order valence-corrected chi connectivity index (χ4v) is 0.310. The van der Waals surface area contributed by atoms with Crippen LogP contribution in [0.5, 0.6) is 0 Å². The van der Waals surface area contributed by atoms with E-state index in [4.69, 9.17) is 0 Å². The lowest BCUT2D eigenvalue weighted by Gasteiger charge is -2.20. The van der Waals surface area contributed by atoms with Crippen LogP contribution in [-0.4, -0.2) is 11.5 Å². The summed E-state index contributed by atoms with van der Waals surface area (Å²) >= 11 is 0. The molecule has 0 heterocycles. The van der Waals surface area contributed by atoms with Crippen LogP contribution in [0.3, 0.4) is 0 Å². The molecule has 0 aliphatic heterocycles. The van der Waals surface area contributed by atoms with Gasteiger partial charge in [0.25, 0.3) is 0 Å². The van der Waals surface area contributed by atoms with Crippen LogP contribution >= 0.6 is 0 Å². The molecule has 0 aromatic heterocycles. The van der Waals surface area contributed by atoms with Crippen LogP contribution in [0.2, 0.25) is 0 Å². The molecule has 0 saturated carbocycles. The van der Waals surface area contributed by atoms with Gasteiger partial charge in [0.05, 0.1) is 0 Å². The Bertz CT molecular complexity index is 130. The minimum absolute atomic E-state index is 0.0762. The molecule has 0 spiro atoms. The van der Waals surface area contributed by atoms with Crippen molar-refractivity contribution >= 4 is 5.97 Å². The molecule has 0 aromatic rings. The van der Waals surface area contributed by atoms with Gasteiger partial charge in [-0.25, -0.2) is 5.43 Å². The number of nitrogens with one attached hydrogen (secondary N) is 3. The van der Waals surface area contributed by atoms with Gasteiger partial charge in [0, 0.05) is 12.5 Å². The van der Waals surface area contributed by atoms with Crippen LogP contribution < -0.4 is 16.5 Å². The van der Waals surface area contributed by atoms with Gasteiger partial charge < -0.3 is 4.84 Å². The average molecular weight is 161 g/mol. The van der Waals surface area contributed by atoms with Gasteiger partial charge in [-0.2, -0.15) is 5.53 Å². The highest BCUT2D eigenvalue weighted by atomic mass is 16.7. The highest BCUT2D eigenvalue weighted by Crippen LogP contribution is 1.94. The lowest BCUT2D eigenvalue weighted by Crippen LogP contribution is -2.52. The van der Waals surface area contributed by atoms with Gasteiger partial charge in [-0.05, 0) is 20.8 Å². The first kappa shape index (κ1) is 10.3. The fourth-order valence-electron chi connectivity index (χ4n) is 0.310. The second-order valence-corrected chi connectivity index (χ2v) is 3.20. The van der Waals surface area contributed by atoms with Crippen molar-refractivity contribution in [3.8, 4) is 0 Å². The Labute approximate surface area is 66.4 Å². The standard InChI is InChI=1S/C6H15N3O2/c1-5(10)11-9-8-7-6(2,3)4/h7-9H,1-4H3. The number of carbonyl (C=O) groups excluding carboxylic acids is 1. The molecule has 0 unspecified atom stereocenters. The number of hydrazine groups is 2. The van der Waals surface area contributed by atoms with Gasteiger partial charge in [-0.1, -0.05) is 5.59 Å². The number of rotatable bonds is 3. The van der Waals surface area contributed by atoms with Crippen molar-refractivity contribution in [3.63, 3.8) is 0 Å². The van der Waals surface area contributed by atoms with Crippen LogP contribution in [0.1, 0.15) is 27.7 Å². The molecule has 0 bridgehead atoms. The summed E-state index contributed by atoms with van der Waals surface area (Å²) in [6.07, 6.45) is 0. The normalized spacial score (nSPS) is 11.3. The maximum Gasteiger partial charge on any atom is 0.323 e. The van der Waals surface area contributed by atoms with Gasteiger partial charge in [0.15, 0.2) is 0 Å². The monoisotopic (exact) mass is 161 g/mol. The molecule has 0 saturated heterocycles. The average Bonchev–Trinajstić information content (AvgIpc) is 1.78. The Morgan fingerprint density at radius 2 is 1.91 bits per heavy atom. The summed E-state index contributed by atoms with van der Waals surface area (Å²) < 4.78 is 0. The minimum atomic E-state index is -0.395. The third-order valence-corrected chi connectivity index (χ3v) is 0.683. The first-order valence-electron chi connectivity index (χ1n) is 3.36. The zero-order valence-electron chi connectivity index (χ0n) is 7.32. The Hall–Kier alpha value is -0.650. The Balaban J connectivity index is 3.22. The third kappa shape index (κ3) is 9.35. The second-order valence-electron chi connectivity index (χ2n) is 3.20. The van der Waals surface area contributed by atoms with E-state index in [9.17, 15) is 4.79 Å². The quantitative estimate of drug-likeness (QED) is 0.397. The molecular weight excluding hydrogens is 146 g/mol. The largest absolute Gasteiger partial charge is 0.355 e. The zero-order valence-corrected chi connectivity index (χ0v) is 7.32. The minimum Gasteiger partial charge on any atom is -0.355 e. The summed E-state index contributed by atoms with van der Waals surface area (Å²) in [5.74, 6) is -0.395. The van der Waals surface area contributed by atoms with Crippen molar-refractivity contribution in [1.29, 1.82) is 0 Å². The van der Waals surface area contributed by atoms with E-state index < -0.39 is 5.97 Å². The topological polar surface area (TPSA) is 62.4 Å². The first-order valence-corrected chi connectivity index (χ1v) is 3.36. The molecule has 0 atom stereocenters. The van der Waals surface area contributed by atoms with E-state index in [-0.39, 0.29) is 5.54 Å². The molecule has 0 aliphatic carbocycles. The van der Waals surface area contributed by atoms with Crippen LogP contribution in [0.25, 0.3) is 0 Å². The SMILES string of the molecule is CC(=O)ONNNC(C)(C)C. The zero-order chi connectivity index (χ0) is 8.91. The second kappa shape index (κ2) is 4.27. The molecule has 3 N–H and O–H groups in total. The molecule has 0 rings (SSSR count). The Kier molecular flexibility index (Phi) is 4.02. The lowest BCUT2D eigenvalue weighted by atomic mass is 10.1. The summed E-state index contributed by atoms with van der Waals surface area (Å²) in [4.78, 5) is 14.6. The maximum absolute atomic E-state index is 10.2. The summed E-state index contributed by atoms with van der Waals surface area (Å²) in [5.41, 5.74) is 7.51. The third-order valence-electron chi connectivity index (χ3n) is 0.683. The molecular formula is C6H15N3O2. The fraction of sp³-hybridized carbons (Fsp3) is 0.833. The van der Waals surface area contributed by atoms with E-state index >= 15 is 0 Å². The van der Waals surface area contributed by atoms with Gasteiger partial charge >= 0.3 is 5.97 Å². The molecule has 0 radical (unpaired) electrons. The van der Waals surface area contributed by atoms with Crippen LogP contribution in [-0.2, 0) is 9.63 Å². The van der Waals surface area contributed by atoms with Crippen molar-refractivity contribution in [1.82, 2.24) is 16.5 Å². The van der Waals surface area contributed by atoms with Crippen LogP contribution in [0, 0.1) is 0 Å². The van der Waals surface area contributed by atoms with Crippen molar-refractivity contribution < 1.29 is 9.63 Å². The molecule has 0 aliphatic rings. The molecule has 0 aromatic carbocycles. The van der Waals surface area contributed by atoms with Crippen molar-refractivity contribution in [2.24, 2.45) is 0 Å². The molecule has 11 heavy (non-hydrogen) atoms. The first-order chi connectivity index (χ1) is 4.92. The molecule has 66 valence electrons. The summed E-state index contributed by atoms with van der Waals surface area (Å²) in [5, 5.41) is 0. The molecule has 5 nitrogen and oxygen atoms in total. The van der Waals surface area contributed by atoms with Crippen LogP contribution in [0.15, 0.2) is 0 Å². The van der Waals surface area contributed by atoms with Crippen LogP contribution in [0.4, 0.5) is 0 Å². The van der Waals surface area contributed by atoms with E-state index in [1.807, 2.05) is 20.8 Å². The number of hydrogen-bond acceptors (Lipinski definition) is 5. The van der Waals surface area contributed by atoms with E-state index in [0.29, 0.717) is 0 Å². The summed E-state index contributed by atoms with van der Waals surface area (Å²) in [6.45, 7) is 7.21. The van der Waals surface area contributed by atoms with E-state index in [0.717, 1.165) is 0 Å². The predicted octanol–water partition coefficient (Wildman–Crippen LogP) is -0.138. The Morgan fingerprint density at radius 3 is 2.27 bits per heavy atom. The molecule has 0 fully saturated rings. The smallest absolute Gasteiger partial charge is 0.323 e. The molecule has 5 heteroatoms. The van der Waals surface area contributed by atoms with Gasteiger partial charge in [-0.15, -0.1) is 0 Å². The predicted molar refractivity (Wildman–Crippen MR) is 40.9 cm³/mol. The molecule has 0 amide bonds. The summed E-state index contributed by atoms with van der Waals surface area (Å²) in [7, 11) is 0. The lowest BCUT2D eigenvalue weighted by molar-refractivity contribution is -0.152.